The highest BCUT2D eigenvalue weighted by Gasteiger charge is 2.24. The van der Waals surface area contributed by atoms with Gasteiger partial charge in [-0.1, -0.05) is 13.8 Å². The van der Waals surface area contributed by atoms with Gasteiger partial charge in [-0.25, -0.2) is 4.98 Å². The number of thiazole rings is 1. The van der Waals surface area contributed by atoms with Crippen LogP contribution in [0.25, 0.3) is 0 Å². The second-order valence-corrected chi connectivity index (χ2v) is 5.32. The molecular weight excluding hydrogens is 192 g/mol. The highest BCUT2D eigenvalue weighted by molar-refractivity contribution is 7.09. The molecule has 0 radical (unpaired) electrons. The predicted octanol–water partition coefficient (Wildman–Crippen LogP) is 3.08. The summed E-state index contributed by atoms with van der Waals surface area (Å²) in [6.45, 7) is 6.59. The smallest absolute Gasteiger partial charge is 0.110 e. The van der Waals surface area contributed by atoms with Crippen molar-refractivity contribution in [3.05, 3.63) is 16.1 Å². The minimum Gasteiger partial charge on any atom is -0.305 e. The Bertz CT molecular complexity index is 302. The van der Waals surface area contributed by atoms with Crippen molar-refractivity contribution < 1.29 is 0 Å². The van der Waals surface area contributed by atoms with E-state index < -0.39 is 0 Å². The van der Waals surface area contributed by atoms with Crippen LogP contribution in [-0.4, -0.2) is 11.0 Å². The molecule has 1 aromatic rings. The van der Waals surface area contributed by atoms with Crippen LogP contribution in [0.5, 0.6) is 0 Å². The molecule has 0 spiro atoms. The van der Waals surface area contributed by atoms with Crippen molar-refractivity contribution in [1.82, 2.24) is 10.3 Å². The Morgan fingerprint density at radius 1 is 1.43 bits per heavy atom. The summed E-state index contributed by atoms with van der Waals surface area (Å²) in [6, 6.07) is 1.19. The topological polar surface area (TPSA) is 24.9 Å². The molecule has 14 heavy (non-hydrogen) atoms. The summed E-state index contributed by atoms with van der Waals surface area (Å²) in [4.78, 5) is 4.65. The Balaban J connectivity index is 1.99. The van der Waals surface area contributed by atoms with Crippen LogP contribution in [0.2, 0.25) is 0 Å². The number of hydrogen-bond donors (Lipinski definition) is 1. The molecule has 0 amide bonds. The SMILES string of the molecule is CC(C)c1csc(C(C)NC2CC2)n1. The minimum atomic E-state index is 0.431. The van der Waals surface area contributed by atoms with Gasteiger partial charge in [-0.05, 0) is 25.7 Å². The predicted molar refractivity (Wildman–Crippen MR) is 60.8 cm³/mol. The van der Waals surface area contributed by atoms with Crippen molar-refractivity contribution in [2.45, 2.75) is 51.6 Å². The second-order valence-electron chi connectivity index (χ2n) is 4.43. The van der Waals surface area contributed by atoms with Gasteiger partial charge in [-0.2, -0.15) is 0 Å². The van der Waals surface area contributed by atoms with Crippen molar-refractivity contribution in [2.24, 2.45) is 0 Å². The van der Waals surface area contributed by atoms with E-state index in [-0.39, 0.29) is 0 Å². The van der Waals surface area contributed by atoms with Gasteiger partial charge in [0.2, 0.25) is 0 Å². The van der Waals surface area contributed by atoms with E-state index in [1.165, 1.54) is 23.5 Å². The van der Waals surface area contributed by atoms with Gasteiger partial charge < -0.3 is 5.32 Å². The first-order chi connectivity index (χ1) is 6.66. The fourth-order valence-corrected chi connectivity index (χ4v) is 2.44. The third-order valence-corrected chi connectivity index (χ3v) is 3.61. The average Bonchev–Trinajstić information content (AvgIpc) is 2.81. The van der Waals surface area contributed by atoms with Crippen LogP contribution in [0.1, 0.15) is 56.3 Å². The van der Waals surface area contributed by atoms with E-state index in [4.69, 9.17) is 0 Å². The maximum atomic E-state index is 4.65. The Hall–Kier alpha value is -0.410. The van der Waals surface area contributed by atoms with E-state index in [1.54, 1.807) is 11.3 Å². The lowest BCUT2D eigenvalue weighted by molar-refractivity contribution is 0.566. The zero-order valence-corrected chi connectivity index (χ0v) is 9.90. The Morgan fingerprint density at radius 2 is 2.14 bits per heavy atom. The number of hydrogen-bond acceptors (Lipinski definition) is 3. The summed E-state index contributed by atoms with van der Waals surface area (Å²) < 4.78 is 0. The molecule has 1 heterocycles. The average molecular weight is 210 g/mol. The first-order valence-corrected chi connectivity index (χ1v) is 6.26. The number of nitrogens with one attached hydrogen (secondary N) is 1. The van der Waals surface area contributed by atoms with Crippen LogP contribution in [0.3, 0.4) is 0 Å². The van der Waals surface area contributed by atoms with Gasteiger partial charge in [0.1, 0.15) is 5.01 Å². The molecule has 1 unspecified atom stereocenters. The third kappa shape index (κ3) is 2.34. The molecule has 1 aromatic heterocycles. The maximum absolute atomic E-state index is 4.65. The summed E-state index contributed by atoms with van der Waals surface area (Å²) in [5, 5.41) is 6.99. The van der Waals surface area contributed by atoms with Gasteiger partial charge in [-0.15, -0.1) is 11.3 Å². The number of rotatable bonds is 4. The fourth-order valence-electron chi connectivity index (χ4n) is 1.44. The van der Waals surface area contributed by atoms with Crippen molar-refractivity contribution in [2.75, 3.05) is 0 Å². The molecule has 2 rings (SSSR count). The van der Waals surface area contributed by atoms with Crippen LogP contribution in [0.4, 0.5) is 0 Å². The summed E-state index contributed by atoms with van der Waals surface area (Å²) in [5.74, 6) is 0.549. The standard InChI is InChI=1S/C11H18N2S/c1-7(2)10-6-14-11(13-10)8(3)12-9-4-5-9/h6-9,12H,4-5H2,1-3H3. The van der Waals surface area contributed by atoms with Gasteiger partial charge in [0.15, 0.2) is 0 Å². The Labute approximate surface area is 89.8 Å². The molecule has 1 aliphatic carbocycles. The van der Waals surface area contributed by atoms with Crippen molar-refractivity contribution in [3.63, 3.8) is 0 Å². The van der Waals surface area contributed by atoms with Gasteiger partial charge in [0.25, 0.3) is 0 Å². The lowest BCUT2D eigenvalue weighted by Crippen LogP contribution is -2.20. The van der Waals surface area contributed by atoms with Gasteiger partial charge in [0.05, 0.1) is 11.7 Å². The van der Waals surface area contributed by atoms with Crippen molar-refractivity contribution >= 4 is 11.3 Å². The molecule has 1 aliphatic rings. The Morgan fingerprint density at radius 3 is 2.64 bits per heavy atom. The monoisotopic (exact) mass is 210 g/mol. The summed E-state index contributed by atoms with van der Waals surface area (Å²) in [7, 11) is 0. The lowest BCUT2D eigenvalue weighted by atomic mass is 10.2. The number of nitrogens with zero attached hydrogens (tertiary/aromatic N) is 1. The van der Waals surface area contributed by atoms with Crippen LogP contribution in [-0.2, 0) is 0 Å². The van der Waals surface area contributed by atoms with E-state index >= 15 is 0 Å². The first kappa shape index (κ1) is 10.1. The highest BCUT2D eigenvalue weighted by atomic mass is 32.1. The van der Waals surface area contributed by atoms with Gasteiger partial charge >= 0.3 is 0 Å². The maximum Gasteiger partial charge on any atom is 0.110 e. The quantitative estimate of drug-likeness (QED) is 0.826. The zero-order valence-electron chi connectivity index (χ0n) is 9.08. The molecule has 1 saturated carbocycles. The van der Waals surface area contributed by atoms with Crippen molar-refractivity contribution in [3.8, 4) is 0 Å². The number of aromatic nitrogens is 1. The molecule has 0 aliphatic heterocycles. The summed E-state index contributed by atoms with van der Waals surface area (Å²) in [5.41, 5.74) is 1.23. The molecule has 1 N–H and O–H groups in total. The van der Waals surface area contributed by atoms with E-state index in [2.05, 4.69) is 36.5 Å². The second kappa shape index (κ2) is 3.99. The van der Waals surface area contributed by atoms with E-state index in [0.717, 1.165) is 6.04 Å². The molecule has 1 atom stereocenters. The summed E-state index contributed by atoms with van der Waals surface area (Å²) >= 11 is 1.78. The van der Waals surface area contributed by atoms with E-state index in [9.17, 15) is 0 Å². The van der Waals surface area contributed by atoms with Gasteiger partial charge in [0, 0.05) is 11.4 Å². The minimum absolute atomic E-state index is 0.431. The molecule has 1 fully saturated rings. The first-order valence-electron chi connectivity index (χ1n) is 5.38. The molecule has 78 valence electrons. The van der Waals surface area contributed by atoms with Crippen LogP contribution >= 0.6 is 11.3 Å². The van der Waals surface area contributed by atoms with E-state index in [1.807, 2.05) is 0 Å². The van der Waals surface area contributed by atoms with Gasteiger partial charge in [-0.3, -0.25) is 0 Å². The normalized spacial score (nSPS) is 18.9. The Kier molecular flexibility index (Phi) is 2.88. The molecular formula is C11H18N2S. The lowest BCUT2D eigenvalue weighted by Gasteiger charge is -2.09. The third-order valence-electron chi connectivity index (χ3n) is 2.56. The largest absolute Gasteiger partial charge is 0.305 e. The molecule has 0 saturated heterocycles. The van der Waals surface area contributed by atoms with Crippen LogP contribution in [0, 0.1) is 0 Å². The molecule has 0 aromatic carbocycles. The van der Waals surface area contributed by atoms with Crippen LogP contribution < -0.4 is 5.32 Å². The molecule has 0 bridgehead atoms. The summed E-state index contributed by atoms with van der Waals surface area (Å²) in [6.07, 6.45) is 2.68. The zero-order chi connectivity index (χ0) is 10.1. The molecule has 3 heteroatoms. The highest BCUT2D eigenvalue weighted by Crippen LogP contribution is 2.27. The van der Waals surface area contributed by atoms with Crippen molar-refractivity contribution in [1.29, 1.82) is 0 Å². The van der Waals surface area contributed by atoms with E-state index in [0.29, 0.717) is 12.0 Å². The fraction of sp³-hybridized carbons (Fsp3) is 0.727. The molecule has 2 nitrogen and oxygen atoms in total. The van der Waals surface area contributed by atoms with Crippen LogP contribution in [0.15, 0.2) is 5.38 Å².